The number of amides is 5. The first-order valence-electron chi connectivity index (χ1n) is 17.1. The Balaban J connectivity index is 1.69. The lowest BCUT2D eigenvalue weighted by atomic mass is 10.0. The Hall–Kier alpha value is -5.98. The molecule has 0 radical (unpaired) electrons. The lowest BCUT2D eigenvalue weighted by molar-refractivity contribution is -0.140. The fourth-order valence-electron chi connectivity index (χ4n) is 5.50. The van der Waals surface area contributed by atoms with Gasteiger partial charge in [-0.05, 0) is 67.7 Å². The fraction of sp³-hybridized carbons (Fsp3) is 0.333. The van der Waals surface area contributed by atoms with Gasteiger partial charge in [-0.3, -0.25) is 24.0 Å². The van der Waals surface area contributed by atoms with E-state index in [0.717, 1.165) is 11.1 Å². The van der Waals surface area contributed by atoms with Crippen molar-refractivity contribution in [1.29, 1.82) is 0 Å². The molecule has 0 unspecified atom stereocenters. The fourth-order valence-corrected chi connectivity index (χ4v) is 5.50. The van der Waals surface area contributed by atoms with Crippen LogP contribution in [0.15, 0.2) is 78.9 Å². The molecule has 52 heavy (non-hydrogen) atoms. The molecule has 6 N–H and O–H groups in total. The van der Waals surface area contributed by atoms with Crippen molar-refractivity contribution >= 4 is 41.6 Å². The molecular formula is C39H45N5O8. The zero-order chi connectivity index (χ0) is 37.8. The molecule has 13 heteroatoms. The average Bonchev–Trinajstić information content (AvgIpc) is 3.10. The number of esters is 1. The van der Waals surface area contributed by atoms with Crippen LogP contribution in [0.2, 0.25) is 0 Å². The number of phenols is 1. The molecule has 1 aliphatic heterocycles. The van der Waals surface area contributed by atoms with Crippen LogP contribution in [-0.4, -0.2) is 71.3 Å². The minimum absolute atomic E-state index is 0.0246. The molecule has 5 amide bonds. The van der Waals surface area contributed by atoms with Crippen LogP contribution in [-0.2, 0) is 41.6 Å². The van der Waals surface area contributed by atoms with Gasteiger partial charge in [-0.25, -0.2) is 4.79 Å². The molecule has 1 aliphatic rings. The van der Waals surface area contributed by atoms with E-state index in [-0.39, 0.29) is 36.7 Å². The standard InChI is InChI=1S/C39H45N5O8/c1-23(2)18-32-39(51)52-33-16-10-24(3)19-28(33)13-17-34(46)42-30(21-27-11-14-29(45)15-12-27)37(49)41-25(4)36(48)40-22-35(47)43-31(38(50)44-32)20-26-8-6-5-7-9-26/h5-17,19,23,25,30-32,45H,18,20-22H2,1-4H3,(H,40,48)(H,41,49)(H,42,46)(H,43,47)(H,44,50)/b17-13-/t25-,30+,31-,32-/m0/s1. The van der Waals surface area contributed by atoms with Crippen molar-refractivity contribution in [2.24, 2.45) is 5.92 Å². The van der Waals surface area contributed by atoms with Gasteiger partial charge in [0.15, 0.2) is 0 Å². The van der Waals surface area contributed by atoms with Crippen LogP contribution in [0, 0.1) is 12.8 Å². The smallest absolute Gasteiger partial charge is 0.334 e. The highest BCUT2D eigenvalue weighted by Gasteiger charge is 2.30. The molecule has 0 aliphatic carbocycles. The number of hydrogen-bond acceptors (Lipinski definition) is 8. The first-order chi connectivity index (χ1) is 24.8. The van der Waals surface area contributed by atoms with E-state index in [1.807, 2.05) is 26.8 Å². The summed E-state index contributed by atoms with van der Waals surface area (Å²) in [6.45, 7) is 6.52. The van der Waals surface area contributed by atoms with Crippen LogP contribution in [0.1, 0.15) is 49.4 Å². The topological polar surface area (TPSA) is 192 Å². The third-order valence-corrected chi connectivity index (χ3v) is 8.22. The van der Waals surface area contributed by atoms with Crippen LogP contribution >= 0.6 is 0 Å². The SMILES string of the molecule is Cc1ccc2c(c1)/C=C\C(=O)N[C@H](Cc1ccc(O)cc1)C(=O)N[C@@H](C)C(=O)NCC(=O)N[C@@H](Cc1ccccc1)C(=O)N[C@@H](CC(C)C)C(=O)O2. The summed E-state index contributed by atoms with van der Waals surface area (Å²) in [4.78, 5) is 80.1. The largest absolute Gasteiger partial charge is 0.508 e. The van der Waals surface area contributed by atoms with Gasteiger partial charge in [0, 0.05) is 24.5 Å². The Morgan fingerprint density at radius 1 is 0.731 bits per heavy atom. The summed E-state index contributed by atoms with van der Waals surface area (Å²) in [5, 5.41) is 22.8. The lowest BCUT2D eigenvalue weighted by Gasteiger charge is -2.24. The van der Waals surface area contributed by atoms with Crippen molar-refractivity contribution in [3.05, 3.63) is 101 Å². The monoisotopic (exact) mass is 711 g/mol. The van der Waals surface area contributed by atoms with Crippen LogP contribution in [0.4, 0.5) is 0 Å². The zero-order valence-corrected chi connectivity index (χ0v) is 29.6. The van der Waals surface area contributed by atoms with E-state index < -0.39 is 66.2 Å². The van der Waals surface area contributed by atoms with Crippen molar-refractivity contribution in [2.75, 3.05) is 6.54 Å². The van der Waals surface area contributed by atoms with E-state index in [9.17, 15) is 33.9 Å². The second-order valence-corrected chi connectivity index (χ2v) is 13.2. The Bertz CT molecular complexity index is 1790. The summed E-state index contributed by atoms with van der Waals surface area (Å²) >= 11 is 0. The van der Waals surface area contributed by atoms with Crippen molar-refractivity contribution in [3.63, 3.8) is 0 Å². The highest BCUT2D eigenvalue weighted by molar-refractivity contribution is 5.98. The van der Waals surface area contributed by atoms with Crippen molar-refractivity contribution in [1.82, 2.24) is 26.6 Å². The predicted octanol–water partition coefficient (Wildman–Crippen LogP) is 2.24. The highest BCUT2D eigenvalue weighted by atomic mass is 16.5. The van der Waals surface area contributed by atoms with Gasteiger partial charge in [-0.15, -0.1) is 0 Å². The number of phenolic OH excluding ortho intramolecular Hbond substituents is 1. The molecule has 0 saturated heterocycles. The second kappa shape index (κ2) is 18.3. The Kier molecular flexibility index (Phi) is 13.7. The number of aromatic hydroxyl groups is 1. The maximum Gasteiger partial charge on any atom is 0.334 e. The molecule has 0 spiro atoms. The molecule has 4 rings (SSSR count). The van der Waals surface area contributed by atoms with Crippen LogP contribution < -0.4 is 31.3 Å². The van der Waals surface area contributed by atoms with Crippen LogP contribution in [0.25, 0.3) is 6.08 Å². The van der Waals surface area contributed by atoms with Crippen LogP contribution in [0.5, 0.6) is 11.5 Å². The van der Waals surface area contributed by atoms with E-state index in [4.69, 9.17) is 4.74 Å². The third-order valence-electron chi connectivity index (χ3n) is 8.22. The van der Waals surface area contributed by atoms with Gasteiger partial charge in [-0.1, -0.05) is 67.9 Å². The number of nitrogens with one attached hydrogen (secondary N) is 5. The first kappa shape index (κ1) is 38.8. The van der Waals surface area contributed by atoms with Gasteiger partial charge < -0.3 is 36.4 Å². The molecule has 3 aromatic rings. The maximum absolute atomic E-state index is 13.7. The summed E-state index contributed by atoms with van der Waals surface area (Å²) in [6.07, 6.45) is 2.99. The number of carbonyl (C=O) groups excluding carboxylic acids is 6. The number of rotatable bonds is 6. The minimum atomic E-state index is -1.14. The van der Waals surface area contributed by atoms with Crippen molar-refractivity contribution in [3.8, 4) is 11.5 Å². The van der Waals surface area contributed by atoms with E-state index in [1.165, 1.54) is 31.2 Å². The highest BCUT2D eigenvalue weighted by Crippen LogP contribution is 2.23. The van der Waals surface area contributed by atoms with Crippen LogP contribution in [0.3, 0.4) is 0 Å². The lowest BCUT2D eigenvalue weighted by Crippen LogP contribution is -2.56. The molecule has 0 fully saturated rings. The van der Waals surface area contributed by atoms with Crippen molar-refractivity contribution in [2.45, 2.75) is 71.1 Å². The number of benzene rings is 3. The molecule has 3 aromatic carbocycles. The van der Waals surface area contributed by atoms with E-state index in [1.54, 1.807) is 54.6 Å². The average molecular weight is 712 g/mol. The quantitative estimate of drug-likeness (QED) is 0.166. The van der Waals surface area contributed by atoms with Gasteiger partial charge in [0.1, 0.15) is 35.7 Å². The molecule has 0 saturated carbocycles. The molecule has 13 nitrogen and oxygen atoms in total. The van der Waals surface area contributed by atoms with E-state index >= 15 is 0 Å². The summed E-state index contributed by atoms with van der Waals surface area (Å²) < 4.78 is 5.82. The Morgan fingerprint density at radius 2 is 1.37 bits per heavy atom. The van der Waals surface area contributed by atoms with Gasteiger partial charge in [0.2, 0.25) is 29.5 Å². The Labute approximate surface area is 302 Å². The van der Waals surface area contributed by atoms with E-state index in [0.29, 0.717) is 11.1 Å². The Morgan fingerprint density at radius 3 is 2.04 bits per heavy atom. The van der Waals surface area contributed by atoms with E-state index in [2.05, 4.69) is 26.6 Å². The first-order valence-corrected chi connectivity index (χ1v) is 17.1. The van der Waals surface area contributed by atoms with Gasteiger partial charge >= 0.3 is 5.97 Å². The molecule has 4 atom stereocenters. The molecule has 1 heterocycles. The number of hydrogen-bond donors (Lipinski definition) is 6. The van der Waals surface area contributed by atoms with Gasteiger partial charge in [0.25, 0.3) is 0 Å². The summed E-state index contributed by atoms with van der Waals surface area (Å²) in [5.41, 5.74) is 2.58. The van der Waals surface area contributed by atoms with Crippen molar-refractivity contribution < 1.29 is 38.6 Å². The van der Waals surface area contributed by atoms with Gasteiger partial charge in [-0.2, -0.15) is 0 Å². The normalized spacial score (nSPS) is 21.6. The van der Waals surface area contributed by atoms with Gasteiger partial charge in [0.05, 0.1) is 6.54 Å². The summed E-state index contributed by atoms with van der Waals surface area (Å²) in [5.74, 6) is -3.91. The molecule has 0 bridgehead atoms. The second-order valence-electron chi connectivity index (χ2n) is 13.2. The summed E-state index contributed by atoms with van der Waals surface area (Å²) in [7, 11) is 0. The molecule has 274 valence electrons. The number of ether oxygens (including phenoxy) is 1. The number of carbonyl (C=O) groups is 6. The molecule has 0 aromatic heterocycles. The molecular weight excluding hydrogens is 666 g/mol. The maximum atomic E-state index is 13.7. The summed E-state index contributed by atoms with van der Waals surface area (Å²) in [6, 6.07) is 15.7. The zero-order valence-electron chi connectivity index (χ0n) is 29.6. The minimum Gasteiger partial charge on any atom is -0.508 e. The predicted molar refractivity (Wildman–Crippen MR) is 194 cm³/mol. The number of fused-ring (bicyclic) bond motifs is 1. The number of aryl methyl sites for hydroxylation is 1. The third kappa shape index (κ3) is 11.8.